The van der Waals surface area contributed by atoms with Crippen molar-refractivity contribution in [2.45, 2.75) is 6.54 Å². The van der Waals surface area contributed by atoms with Crippen LogP contribution < -0.4 is 11.0 Å². The third-order valence-electron chi connectivity index (χ3n) is 3.62. The Morgan fingerprint density at radius 3 is 2.85 bits per heavy atom. The number of nitrogens with one attached hydrogen (secondary N) is 3. The Bertz CT molecular complexity index is 1160. The van der Waals surface area contributed by atoms with Gasteiger partial charge in [-0.25, -0.2) is 9.18 Å². The molecule has 0 saturated heterocycles. The number of aromatic amines is 2. The molecule has 4 aromatic rings. The number of imidazole rings is 1. The highest BCUT2D eigenvalue weighted by atomic mass is 19.1. The molecule has 130 valence electrons. The van der Waals surface area contributed by atoms with E-state index in [9.17, 15) is 14.0 Å². The molecule has 2 aromatic carbocycles. The molecule has 0 fully saturated rings. The van der Waals surface area contributed by atoms with E-state index >= 15 is 0 Å². The Balaban J connectivity index is 1.46. The van der Waals surface area contributed by atoms with E-state index in [1.165, 1.54) is 12.1 Å². The van der Waals surface area contributed by atoms with E-state index in [1.54, 1.807) is 30.3 Å². The molecule has 0 aliphatic rings. The molecule has 0 spiro atoms. The number of benzene rings is 2. The van der Waals surface area contributed by atoms with Gasteiger partial charge in [0.15, 0.2) is 0 Å². The van der Waals surface area contributed by atoms with Gasteiger partial charge in [0.1, 0.15) is 12.4 Å². The van der Waals surface area contributed by atoms with Crippen molar-refractivity contribution in [1.29, 1.82) is 0 Å². The molecule has 2 heterocycles. The monoisotopic (exact) mass is 353 g/mol. The van der Waals surface area contributed by atoms with Crippen LogP contribution in [0.15, 0.2) is 47.3 Å². The number of rotatable bonds is 4. The number of nitrogens with zero attached hydrogens (tertiary/aromatic N) is 4. The van der Waals surface area contributed by atoms with Crippen molar-refractivity contribution in [3.05, 3.63) is 58.8 Å². The second-order valence-electron chi connectivity index (χ2n) is 5.54. The highest BCUT2D eigenvalue weighted by molar-refractivity contribution is 5.92. The smallest absolute Gasteiger partial charge is 0.323 e. The molecule has 0 aliphatic carbocycles. The third kappa shape index (κ3) is 3.20. The summed E-state index contributed by atoms with van der Waals surface area (Å²) in [6.45, 7) is -0.163. The van der Waals surface area contributed by atoms with Crippen LogP contribution in [-0.4, -0.2) is 36.1 Å². The summed E-state index contributed by atoms with van der Waals surface area (Å²) < 4.78 is 13.3. The van der Waals surface area contributed by atoms with Crippen molar-refractivity contribution >= 4 is 22.6 Å². The van der Waals surface area contributed by atoms with Crippen LogP contribution >= 0.6 is 0 Å². The number of aromatic nitrogens is 6. The van der Waals surface area contributed by atoms with Crippen molar-refractivity contribution in [1.82, 2.24) is 30.2 Å². The SMILES string of the molecule is O=C(Cn1nnc(-c2cccc(F)c2)n1)Nc1ccc2[nH]c(=O)[nH]c2c1. The Morgan fingerprint density at radius 2 is 2.00 bits per heavy atom. The Kier molecular flexibility index (Phi) is 3.77. The average Bonchev–Trinajstić information content (AvgIpc) is 3.20. The minimum Gasteiger partial charge on any atom is -0.324 e. The first kappa shape index (κ1) is 15.7. The number of anilines is 1. The summed E-state index contributed by atoms with van der Waals surface area (Å²) in [5, 5.41) is 14.4. The number of hydrogen-bond acceptors (Lipinski definition) is 5. The van der Waals surface area contributed by atoms with Gasteiger partial charge in [0.25, 0.3) is 0 Å². The minimum absolute atomic E-state index is 0.163. The van der Waals surface area contributed by atoms with Crippen molar-refractivity contribution < 1.29 is 9.18 Å². The largest absolute Gasteiger partial charge is 0.324 e. The summed E-state index contributed by atoms with van der Waals surface area (Å²) in [4.78, 5) is 29.7. The lowest BCUT2D eigenvalue weighted by Gasteiger charge is -2.04. The van der Waals surface area contributed by atoms with Crippen molar-refractivity contribution in [2.75, 3.05) is 5.32 Å². The standard InChI is InChI=1S/C16H12FN7O2/c17-10-3-1-2-9(6-10)15-21-23-24(22-15)8-14(25)18-11-4-5-12-13(7-11)20-16(26)19-12/h1-7H,8H2,(H,18,25)(H2,19,20,26). The maximum absolute atomic E-state index is 13.3. The number of carbonyl (C=O) groups is 1. The molecule has 0 unspecified atom stereocenters. The zero-order valence-corrected chi connectivity index (χ0v) is 13.2. The second kappa shape index (κ2) is 6.24. The van der Waals surface area contributed by atoms with Gasteiger partial charge in [-0.05, 0) is 35.5 Å². The fourth-order valence-corrected chi connectivity index (χ4v) is 2.49. The highest BCUT2D eigenvalue weighted by Crippen LogP contribution is 2.15. The normalized spacial score (nSPS) is 11.0. The number of fused-ring (bicyclic) bond motifs is 1. The molecule has 0 radical (unpaired) electrons. The van der Waals surface area contributed by atoms with E-state index in [2.05, 4.69) is 30.7 Å². The van der Waals surface area contributed by atoms with Crippen LogP contribution in [0, 0.1) is 5.82 Å². The average molecular weight is 353 g/mol. The van der Waals surface area contributed by atoms with E-state index in [0.717, 1.165) is 4.80 Å². The number of tetrazole rings is 1. The molecule has 4 rings (SSSR count). The summed E-state index contributed by atoms with van der Waals surface area (Å²) in [7, 11) is 0. The fraction of sp³-hybridized carbons (Fsp3) is 0.0625. The molecule has 2 aromatic heterocycles. The van der Waals surface area contributed by atoms with E-state index < -0.39 is 5.82 Å². The van der Waals surface area contributed by atoms with Crippen LogP contribution in [0.25, 0.3) is 22.4 Å². The molecule has 1 amide bonds. The van der Waals surface area contributed by atoms with E-state index in [0.29, 0.717) is 22.3 Å². The molecule has 10 heteroatoms. The summed E-state index contributed by atoms with van der Waals surface area (Å²) in [5.41, 5.74) is 1.90. The molecule has 0 bridgehead atoms. The fourth-order valence-electron chi connectivity index (χ4n) is 2.49. The van der Waals surface area contributed by atoms with Gasteiger partial charge in [0.2, 0.25) is 11.7 Å². The zero-order valence-electron chi connectivity index (χ0n) is 13.2. The first-order valence-corrected chi connectivity index (χ1v) is 7.62. The Labute approximate surface area is 144 Å². The molecule has 0 atom stereocenters. The molecule has 9 nitrogen and oxygen atoms in total. The molecule has 0 aliphatic heterocycles. The Hall–Kier alpha value is -3.82. The molecule has 3 N–H and O–H groups in total. The van der Waals surface area contributed by atoms with E-state index in [4.69, 9.17) is 0 Å². The predicted octanol–water partition coefficient (Wildman–Crippen LogP) is 1.29. The zero-order chi connectivity index (χ0) is 18.1. The number of carbonyl (C=O) groups excluding carboxylic acids is 1. The van der Waals surface area contributed by atoms with Crippen LogP contribution in [0.3, 0.4) is 0 Å². The van der Waals surface area contributed by atoms with Crippen LogP contribution in [0.4, 0.5) is 10.1 Å². The highest BCUT2D eigenvalue weighted by Gasteiger charge is 2.10. The predicted molar refractivity (Wildman–Crippen MR) is 90.8 cm³/mol. The van der Waals surface area contributed by atoms with Gasteiger partial charge < -0.3 is 15.3 Å². The lowest BCUT2D eigenvalue weighted by atomic mass is 10.2. The Morgan fingerprint density at radius 1 is 1.15 bits per heavy atom. The van der Waals surface area contributed by atoms with E-state index in [1.807, 2.05) is 0 Å². The van der Waals surface area contributed by atoms with Gasteiger partial charge in [-0.15, -0.1) is 10.2 Å². The topological polar surface area (TPSA) is 121 Å². The van der Waals surface area contributed by atoms with Gasteiger partial charge in [-0.1, -0.05) is 12.1 Å². The lowest BCUT2D eigenvalue weighted by Crippen LogP contribution is -2.20. The van der Waals surface area contributed by atoms with Crippen LogP contribution in [-0.2, 0) is 11.3 Å². The third-order valence-corrected chi connectivity index (χ3v) is 3.62. The maximum atomic E-state index is 13.3. The van der Waals surface area contributed by atoms with Gasteiger partial charge in [0.05, 0.1) is 11.0 Å². The van der Waals surface area contributed by atoms with Gasteiger partial charge >= 0.3 is 5.69 Å². The van der Waals surface area contributed by atoms with E-state index in [-0.39, 0.29) is 24.0 Å². The van der Waals surface area contributed by atoms with Gasteiger partial charge in [0, 0.05) is 11.3 Å². The molecular weight excluding hydrogens is 341 g/mol. The number of halogens is 1. The first-order valence-electron chi connectivity index (χ1n) is 7.62. The molecular formula is C16H12FN7O2. The van der Waals surface area contributed by atoms with Crippen molar-refractivity contribution in [2.24, 2.45) is 0 Å². The summed E-state index contributed by atoms with van der Waals surface area (Å²) in [6, 6.07) is 10.8. The first-order chi connectivity index (χ1) is 12.6. The van der Waals surface area contributed by atoms with Crippen LogP contribution in [0.2, 0.25) is 0 Å². The number of hydrogen-bond donors (Lipinski definition) is 3. The number of amides is 1. The number of H-pyrrole nitrogens is 2. The maximum Gasteiger partial charge on any atom is 0.323 e. The lowest BCUT2D eigenvalue weighted by molar-refractivity contribution is -0.117. The van der Waals surface area contributed by atoms with Crippen LogP contribution in [0.5, 0.6) is 0 Å². The molecule has 26 heavy (non-hydrogen) atoms. The van der Waals surface area contributed by atoms with Crippen molar-refractivity contribution in [3.8, 4) is 11.4 Å². The summed E-state index contributed by atoms with van der Waals surface area (Å²) >= 11 is 0. The quantitative estimate of drug-likeness (QED) is 0.510. The summed E-state index contributed by atoms with van der Waals surface area (Å²) in [6.07, 6.45) is 0. The van der Waals surface area contributed by atoms with Crippen LogP contribution in [0.1, 0.15) is 0 Å². The van der Waals surface area contributed by atoms with Gasteiger partial charge in [-0.3, -0.25) is 4.79 Å². The van der Waals surface area contributed by atoms with Gasteiger partial charge in [-0.2, -0.15) is 4.80 Å². The molecule has 0 saturated carbocycles. The van der Waals surface area contributed by atoms with Crippen molar-refractivity contribution in [3.63, 3.8) is 0 Å². The second-order valence-corrected chi connectivity index (χ2v) is 5.54. The minimum atomic E-state index is -0.408. The summed E-state index contributed by atoms with van der Waals surface area (Å²) in [5.74, 6) is -0.552.